The Labute approximate surface area is 133 Å². The van der Waals surface area contributed by atoms with E-state index in [2.05, 4.69) is 10.6 Å². The summed E-state index contributed by atoms with van der Waals surface area (Å²) < 4.78 is 18.9. The Hall–Kier alpha value is -1.60. The lowest BCUT2D eigenvalue weighted by atomic mass is 10.0. The predicted octanol–water partition coefficient (Wildman–Crippen LogP) is 1.71. The molecule has 0 aromatic heterocycles. The molecule has 0 aliphatic carbocycles. The molecule has 1 saturated heterocycles. The van der Waals surface area contributed by atoms with Crippen LogP contribution in [-0.4, -0.2) is 42.6 Å². The molecule has 0 radical (unpaired) electrons. The average molecular weight is 326 g/mol. The first-order valence-corrected chi connectivity index (χ1v) is 8.09. The maximum Gasteiger partial charge on any atom is 0.313 e. The molecule has 120 valence electrons. The predicted molar refractivity (Wildman–Crippen MR) is 84.5 cm³/mol. The maximum atomic E-state index is 13.4. The van der Waals surface area contributed by atoms with Gasteiger partial charge in [0.2, 0.25) is 0 Å². The quantitative estimate of drug-likeness (QED) is 0.827. The van der Waals surface area contributed by atoms with Crippen molar-refractivity contribution in [1.29, 1.82) is 0 Å². The highest BCUT2D eigenvalue weighted by atomic mass is 32.2. The van der Waals surface area contributed by atoms with Crippen LogP contribution in [0.15, 0.2) is 18.2 Å². The van der Waals surface area contributed by atoms with E-state index in [0.717, 1.165) is 17.9 Å². The first-order valence-electron chi connectivity index (χ1n) is 6.94. The van der Waals surface area contributed by atoms with Crippen LogP contribution in [0, 0.1) is 12.7 Å². The molecule has 1 aromatic carbocycles. The van der Waals surface area contributed by atoms with E-state index in [4.69, 9.17) is 4.74 Å². The summed E-state index contributed by atoms with van der Waals surface area (Å²) in [6, 6.07) is 4.27. The van der Waals surface area contributed by atoms with Crippen LogP contribution in [-0.2, 0) is 14.3 Å². The van der Waals surface area contributed by atoms with Crippen molar-refractivity contribution < 1.29 is 18.7 Å². The topological polar surface area (TPSA) is 67.4 Å². The van der Waals surface area contributed by atoms with Gasteiger partial charge in [-0.15, -0.1) is 0 Å². The number of rotatable bonds is 4. The smallest absolute Gasteiger partial charge is 0.313 e. The number of carbonyl (C=O) groups excluding carboxylic acids is 2. The molecule has 2 amide bonds. The van der Waals surface area contributed by atoms with Gasteiger partial charge in [-0.2, -0.15) is 11.8 Å². The highest BCUT2D eigenvalue weighted by molar-refractivity contribution is 7.99. The molecule has 1 aromatic rings. The third-order valence-corrected chi connectivity index (χ3v) is 4.93. The van der Waals surface area contributed by atoms with Crippen molar-refractivity contribution in [2.45, 2.75) is 18.9 Å². The number of aryl methyl sites for hydroxylation is 1. The lowest BCUT2D eigenvalue weighted by Gasteiger charge is -2.26. The van der Waals surface area contributed by atoms with Crippen LogP contribution in [0.1, 0.15) is 12.0 Å². The number of anilines is 1. The summed E-state index contributed by atoms with van der Waals surface area (Å²) >= 11 is 1.75. The molecular formula is C15H19FN2O3S. The van der Waals surface area contributed by atoms with Crippen LogP contribution in [0.4, 0.5) is 10.1 Å². The zero-order valence-electron chi connectivity index (χ0n) is 12.6. The van der Waals surface area contributed by atoms with E-state index < -0.39 is 23.2 Å². The standard InChI is InChI=1S/C15H19FN2O3S/c1-10-3-4-11(7-12(10)16)18-14(20)13(19)17-8-15(21-2)5-6-22-9-15/h3-4,7H,5-6,8-9H2,1-2H3,(H,17,19)(H,18,20)/t15-/m1/s1. The maximum absolute atomic E-state index is 13.4. The van der Waals surface area contributed by atoms with Gasteiger partial charge in [-0.1, -0.05) is 6.07 Å². The number of hydrogen-bond acceptors (Lipinski definition) is 4. The first-order chi connectivity index (χ1) is 10.5. The molecule has 22 heavy (non-hydrogen) atoms. The summed E-state index contributed by atoms with van der Waals surface area (Å²) in [7, 11) is 1.60. The summed E-state index contributed by atoms with van der Waals surface area (Å²) in [6.45, 7) is 1.91. The van der Waals surface area contributed by atoms with Crippen LogP contribution < -0.4 is 10.6 Å². The second-order valence-electron chi connectivity index (χ2n) is 5.29. The molecule has 0 spiro atoms. The molecule has 5 nitrogen and oxygen atoms in total. The lowest BCUT2D eigenvalue weighted by molar-refractivity contribution is -0.136. The molecule has 0 bridgehead atoms. The van der Waals surface area contributed by atoms with Gasteiger partial charge in [-0.3, -0.25) is 9.59 Å². The minimum atomic E-state index is -0.819. The van der Waals surface area contributed by atoms with E-state index in [1.54, 1.807) is 37.9 Å². The summed E-state index contributed by atoms with van der Waals surface area (Å²) in [6.07, 6.45) is 0.833. The van der Waals surface area contributed by atoms with Gasteiger partial charge in [-0.05, 0) is 36.8 Å². The van der Waals surface area contributed by atoms with Crippen molar-refractivity contribution in [3.63, 3.8) is 0 Å². The minimum Gasteiger partial charge on any atom is -0.376 e. The fourth-order valence-electron chi connectivity index (χ4n) is 2.14. The largest absolute Gasteiger partial charge is 0.376 e. The number of carbonyl (C=O) groups is 2. The van der Waals surface area contributed by atoms with Crippen LogP contribution in [0.25, 0.3) is 0 Å². The number of ether oxygens (including phenoxy) is 1. The number of hydrogen-bond donors (Lipinski definition) is 2. The fraction of sp³-hybridized carbons (Fsp3) is 0.467. The zero-order valence-corrected chi connectivity index (χ0v) is 13.4. The number of nitrogens with one attached hydrogen (secondary N) is 2. The number of benzene rings is 1. The SMILES string of the molecule is CO[C@@]1(CNC(=O)C(=O)Nc2ccc(C)c(F)c2)CCSC1. The summed E-state index contributed by atoms with van der Waals surface area (Å²) in [5, 5.41) is 4.96. The molecule has 1 fully saturated rings. The van der Waals surface area contributed by atoms with E-state index in [1.807, 2.05) is 0 Å². The van der Waals surface area contributed by atoms with Crippen LogP contribution in [0.2, 0.25) is 0 Å². The van der Waals surface area contributed by atoms with E-state index in [0.29, 0.717) is 5.56 Å². The normalized spacial score (nSPS) is 20.7. The number of halogens is 1. The fourth-order valence-corrected chi connectivity index (χ4v) is 3.54. The van der Waals surface area contributed by atoms with E-state index >= 15 is 0 Å². The lowest BCUT2D eigenvalue weighted by Crippen LogP contribution is -2.47. The molecule has 2 N–H and O–H groups in total. The van der Waals surface area contributed by atoms with E-state index in [-0.39, 0.29) is 12.2 Å². The Kier molecular flexibility index (Phi) is 5.42. The molecule has 0 saturated carbocycles. The third-order valence-electron chi connectivity index (χ3n) is 3.71. The molecular weight excluding hydrogens is 307 g/mol. The van der Waals surface area contributed by atoms with Crippen molar-refractivity contribution in [2.75, 3.05) is 30.5 Å². The number of methoxy groups -OCH3 is 1. The van der Waals surface area contributed by atoms with Gasteiger partial charge in [0.25, 0.3) is 0 Å². The Morgan fingerprint density at radius 3 is 2.77 bits per heavy atom. The van der Waals surface area contributed by atoms with Gasteiger partial charge in [0.05, 0.1) is 5.60 Å². The van der Waals surface area contributed by atoms with Crippen molar-refractivity contribution in [3.05, 3.63) is 29.6 Å². The Balaban J connectivity index is 1.89. The summed E-state index contributed by atoms with van der Waals surface area (Å²) in [5.74, 6) is -0.248. The van der Waals surface area contributed by atoms with E-state index in [9.17, 15) is 14.0 Å². The van der Waals surface area contributed by atoms with Crippen molar-refractivity contribution >= 4 is 29.3 Å². The Morgan fingerprint density at radius 2 is 2.18 bits per heavy atom. The average Bonchev–Trinajstić information content (AvgIpc) is 2.98. The highest BCUT2D eigenvalue weighted by Crippen LogP contribution is 2.30. The molecule has 7 heteroatoms. The molecule has 1 atom stereocenters. The number of thioether (sulfide) groups is 1. The van der Waals surface area contributed by atoms with Crippen molar-refractivity contribution in [3.8, 4) is 0 Å². The van der Waals surface area contributed by atoms with Gasteiger partial charge in [0.15, 0.2) is 0 Å². The van der Waals surface area contributed by atoms with Gasteiger partial charge in [0, 0.05) is 25.1 Å². The second-order valence-corrected chi connectivity index (χ2v) is 6.40. The number of amides is 2. The summed E-state index contributed by atoms with van der Waals surface area (Å²) in [4.78, 5) is 23.6. The van der Waals surface area contributed by atoms with Crippen LogP contribution in [0.5, 0.6) is 0 Å². The third kappa shape index (κ3) is 3.98. The van der Waals surface area contributed by atoms with Crippen molar-refractivity contribution in [2.24, 2.45) is 0 Å². The first kappa shape index (κ1) is 16.8. The Bertz CT molecular complexity index is 574. The van der Waals surface area contributed by atoms with Crippen LogP contribution in [0.3, 0.4) is 0 Å². The van der Waals surface area contributed by atoms with Gasteiger partial charge >= 0.3 is 11.8 Å². The van der Waals surface area contributed by atoms with Crippen molar-refractivity contribution in [1.82, 2.24) is 5.32 Å². The van der Waals surface area contributed by atoms with E-state index in [1.165, 1.54) is 6.07 Å². The zero-order chi connectivity index (χ0) is 16.2. The van der Waals surface area contributed by atoms with Gasteiger partial charge < -0.3 is 15.4 Å². The highest BCUT2D eigenvalue weighted by Gasteiger charge is 2.35. The molecule has 1 aliphatic rings. The van der Waals surface area contributed by atoms with Gasteiger partial charge in [0.1, 0.15) is 5.82 Å². The molecule has 1 aliphatic heterocycles. The van der Waals surface area contributed by atoms with Gasteiger partial charge in [-0.25, -0.2) is 4.39 Å². The monoisotopic (exact) mass is 326 g/mol. The summed E-state index contributed by atoms with van der Waals surface area (Å²) in [5.41, 5.74) is 0.320. The molecule has 2 rings (SSSR count). The molecule has 1 heterocycles. The Morgan fingerprint density at radius 1 is 1.41 bits per heavy atom. The second kappa shape index (κ2) is 7.11. The van der Waals surface area contributed by atoms with Crippen LogP contribution >= 0.6 is 11.8 Å². The minimum absolute atomic E-state index is 0.251. The molecule has 0 unspecified atom stereocenters.